The second-order valence-electron chi connectivity index (χ2n) is 7.17. The monoisotopic (exact) mass is 474 g/mol. The predicted octanol–water partition coefficient (Wildman–Crippen LogP) is 6.20. The van der Waals surface area contributed by atoms with Crippen molar-refractivity contribution in [2.75, 3.05) is 17.2 Å². The van der Waals surface area contributed by atoms with Gasteiger partial charge in [0, 0.05) is 20.6 Å². The fourth-order valence-electron chi connectivity index (χ4n) is 3.46. The third-order valence-corrected chi connectivity index (χ3v) is 6.65. The van der Waals surface area contributed by atoms with E-state index in [1.54, 1.807) is 48.5 Å². The number of fused-ring (bicyclic) bond motifs is 1. The van der Waals surface area contributed by atoms with E-state index < -0.39 is 0 Å². The number of ether oxygens (including phenoxy) is 1. The van der Waals surface area contributed by atoms with Crippen molar-refractivity contribution >= 4 is 57.0 Å². The van der Waals surface area contributed by atoms with E-state index in [4.69, 9.17) is 27.9 Å². The molecule has 5 nitrogen and oxygen atoms in total. The smallest absolute Gasteiger partial charge is 0.262 e. The molecule has 31 heavy (non-hydrogen) atoms. The molecule has 1 aliphatic carbocycles. The Balaban J connectivity index is 1.50. The van der Waals surface area contributed by atoms with Gasteiger partial charge in [-0.3, -0.25) is 9.59 Å². The number of carbonyl (C=O) groups excluding carboxylic acids is 2. The van der Waals surface area contributed by atoms with Crippen molar-refractivity contribution < 1.29 is 14.3 Å². The molecule has 0 unspecified atom stereocenters. The van der Waals surface area contributed by atoms with Gasteiger partial charge in [-0.2, -0.15) is 0 Å². The van der Waals surface area contributed by atoms with Crippen LogP contribution < -0.4 is 15.4 Å². The van der Waals surface area contributed by atoms with Gasteiger partial charge in [0.05, 0.1) is 5.56 Å². The minimum absolute atomic E-state index is 0.164. The van der Waals surface area contributed by atoms with Gasteiger partial charge in [-0.05, 0) is 79.8 Å². The summed E-state index contributed by atoms with van der Waals surface area (Å²) in [4.78, 5) is 26.8. The summed E-state index contributed by atoms with van der Waals surface area (Å²) in [6.45, 7) is -0.164. The fraction of sp³-hybridized carbons (Fsp3) is 0.217. The van der Waals surface area contributed by atoms with Crippen LogP contribution in [0.3, 0.4) is 0 Å². The minimum atomic E-state index is -0.325. The maximum absolute atomic E-state index is 13.1. The number of benzene rings is 2. The third-order valence-electron chi connectivity index (χ3n) is 4.94. The number of anilines is 2. The maximum atomic E-state index is 13.1. The molecule has 0 saturated carbocycles. The summed E-state index contributed by atoms with van der Waals surface area (Å²) in [5.41, 5.74) is 2.21. The first-order valence-corrected chi connectivity index (χ1v) is 11.5. The summed E-state index contributed by atoms with van der Waals surface area (Å²) in [5, 5.41) is 7.53. The lowest BCUT2D eigenvalue weighted by Crippen LogP contribution is -2.22. The van der Waals surface area contributed by atoms with Crippen LogP contribution in [0.4, 0.5) is 10.7 Å². The van der Waals surface area contributed by atoms with E-state index >= 15 is 0 Å². The highest BCUT2D eigenvalue weighted by molar-refractivity contribution is 7.17. The van der Waals surface area contributed by atoms with E-state index in [0.717, 1.165) is 36.1 Å². The second kappa shape index (κ2) is 9.73. The van der Waals surface area contributed by atoms with Crippen LogP contribution >= 0.6 is 34.5 Å². The van der Waals surface area contributed by atoms with Crippen LogP contribution in [-0.4, -0.2) is 18.4 Å². The molecule has 8 heteroatoms. The number of amides is 2. The first kappa shape index (κ1) is 21.7. The molecule has 0 atom stereocenters. The molecule has 2 amide bonds. The summed E-state index contributed by atoms with van der Waals surface area (Å²) < 4.78 is 5.53. The van der Waals surface area contributed by atoms with E-state index in [1.165, 1.54) is 11.3 Å². The van der Waals surface area contributed by atoms with Crippen LogP contribution in [0.25, 0.3) is 0 Å². The van der Waals surface area contributed by atoms with Gasteiger partial charge in [0.25, 0.3) is 11.8 Å². The molecular weight excluding hydrogens is 455 g/mol. The van der Waals surface area contributed by atoms with E-state index in [1.807, 2.05) is 0 Å². The average Bonchev–Trinajstić information content (AvgIpc) is 3.12. The summed E-state index contributed by atoms with van der Waals surface area (Å²) >= 11 is 13.3. The number of nitrogens with one attached hydrogen (secondary N) is 2. The molecule has 160 valence electrons. The van der Waals surface area contributed by atoms with Crippen LogP contribution in [-0.2, 0) is 17.6 Å². The Morgan fingerprint density at radius 1 is 0.903 bits per heavy atom. The van der Waals surface area contributed by atoms with Gasteiger partial charge in [0.15, 0.2) is 6.61 Å². The zero-order chi connectivity index (χ0) is 21.8. The molecule has 4 rings (SSSR count). The first-order valence-electron chi connectivity index (χ1n) is 9.89. The normalized spacial score (nSPS) is 12.7. The molecule has 1 aliphatic rings. The number of rotatable bonds is 6. The van der Waals surface area contributed by atoms with Gasteiger partial charge < -0.3 is 15.4 Å². The highest BCUT2D eigenvalue weighted by Crippen LogP contribution is 2.38. The molecule has 2 N–H and O–H groups in total. The van der Waals surface area contributed by atoms with Gasteiger partial charge in [-0.1, -0.05) is 23.2 Å². The summed E-state index contributed by atoms with van der Waals surface area (Å²) in [7, 11) is 0. The number of aryl methyl sites for hydroxylation is 1. The largest absolute Gasteiger partial charge is 0.484 e. The lowest BCUT2D eigenvalue weighted by atomic mass is 9.95. The summed E-state index contributed by atoms with van der Waals surface area (Å²) in [6, 6.07) is 13.7. The number of thiophene rings is 1. The number of hydrogen-bond acceptors (Lipinski definition) is 4. The highest BCUT2D eigenvalue weighted by Gasteiger charge is 2.26. The van der Waals surface area contributed by atoms with E-state index in [2.05, 4.69) is 10.6 Å². The standard InChI is InChI=1S/C23H20Cl2N2O3S/c24-14-5-9-16(10-6-14)26-22(29)21-18-3-1-2-4-19(18)31-23(21)27-20(28)13-30-17-11-7-15(25)8-12-17/h5-12H,1-4,13H2,(H,26,29)(H,27,28). The quantitative estimate of drug-likeness (QED) is 0.446. The van der Waals surface area contributed by atoms with E-state index in [-0.39, 0.29) is 18.4 Å². The molecule has 0 bridgehead atoms. The molecule has 0 saturated heterocycles. The van der Waals surface area contributed by atoms with Gasteiger partial charge in [0.1, 0.15) is 10.8 Å². The molecule has 1 heterocycles. The Morgan fingerprint density at radius 2 is 1.55 bits per heavy atom. The first-order chi connectivity index (χ1) is 15.0. The molecule has 0 fully saturated rings. The third kappa shape index (κ3) is 5.39. The Morgan fingerprint density at radius 3 is 2.26 bits per heavy atom. The molecule has 0 radical (unpaired) electrons. The second-order valence-corrected chi connectivity index (χ2v) is 9.14. The number of halogens is 2. The topological polar surface area (TPSA) is 67.4 Å². The van der Waals surface area contributed by atoms with E-state index in [9.17, 15) is 9.59 Å². The Hall–Kier alpha value is -2.54. The molecule has 3 aromatic rings. The average molecular weight is 475 g/mol. The van der Waals surface area contributed by atoms with Crippen molar-refractivity contribution in [3.8, 4) is 5.75 Å². The maximum Gasteiger partial charge on any atom is 0.262 e. The lowest BCUT2D eigenvalue weighted by Gasteiger charge is -2.13. The van der Waals surface area contributed by atoms with Crippen molar-refractivity contribution in [3.63, 3.8) is 0 Å². The zero-order valence-electron chi connectivity index (χ0n) is 16.5. The van der Waals surface area contributed by atoms with E-state index in [0.29, 0.717) is 32.0 Å². The highest BCUT2D eigenvalue weighted by atomic mass is 35.5. The number of carbonyl (C=O) groups is 2. The lowest BCUT2D eigenvalue weighted by molar-refractivity contribution is -0.118. The molecule has 2 aromatic carbocycles. The van der Waals surface area contributed by atoms with Crippen LogP contribution in [0.1, 0.15) is 33.6 Å². The van der Waals surface area contributed by atoms with Gasteiger partial charge >= 0.3 is 0 Å². The SMILES string of the molecule is O=C(COc1ccc(Cl)cc1)Nc1sc2c(c1C(=O)Nc1ccc(Cl)cc1)CCCC2. The molecule has 0 spiro atoms. The summed E-state index contributed by atoms with van der Waals surface area (Å²) in [6.07, 6.45) is 3.85. The van der Waals surface area contributed by atoms with Gasteiger partial charge in [0.2, 0.25) is 0 Å². The van der Waals surface area contributed by atoms with Crippen molar-refractivity contribution in [2.45, 2.75) is 25.7 Å². The fourth-order valence-corrected chi connectivity index (χ4v) is 5.02. The zero-order valence-corrected chi connectivity index (χ0v) is 18.9. The van der Waals surface area contributed by atoms with Crippen LogP contribution in [0.15, 0.2) is 48.5 Å². The Labute approximate surface area is 194 Å². The molecule has 0 aliphatic heterocycles. The predicted molar refractivity (Wildman–Crippen MR) is 126 cm³/mol. The van der Waals surface area contributed by atoms with Gasteiger partial charge in [-0.25, -0.2) is 0 Å². The van der Waals surface area contributed by atoms with Crippen LogP contribution in [0.2, 0.25) is 10.0 Å². The minimum Gasteiger partial charge on any atom is -0.484 e. The Bertz CT molecular complexity index is 1100. The van der Waals surface area contributed by atoms with Crippen molar-refractivity contribution in [3.05, 3.63) is 74.6 Å². The molecular formula is C23H20Cl2N2O3S. The Kier molecular flexibility index (Phi) is 6.80. The summed E-state index contributed by atoms with van der Waals surface area (Å²) in [5.74, 6) is -0.0181. The number of hydrogen-bond donors (Lipinski definition) is 2. The van der Waals surface area contributed by atoms with Crippen molar-refractivity contribution in [1.82, 2.24) is 0 Å². The van der Waals surface area contributed by atoms with Crippen LogP contribution in [0, 0.1) is 0 Å². The van der Waals surface area contributed by atoms with Gasteiger partial charge in [-0.15, -0.1) is 11.3 Å². The van der Waals surface area contributed by atoms with Crippen LogP contribution in [0.5, 0.6) is 5.75 Å². The molecule has 1 aromatic heterocycles. The van der Waals surface area contributed by atoms with Crippen molar-refractivity contribution in [2.24, 2.45) is 0 Å². The van der Waals surface area contributed by atoms with Crippen molar-refractivity contribution in [1.29, 1.82) is 0 Å².